The average molecular weight is 340 g/mol. The number of carbonyl (C=O) groups is 1. The van der Waals surface area contributed by atoms with Gasteiger partial charge < -0.3 is 7.96 Å². The summed E-state index contributed by atoms with van der Waals surface area (Å²) < 4.78 is 0. The molecule has 0 fully saturated rings. The summed E-state index contributed by atoms with van der Waals surface area (Å²) in [5.74, 6) is -0.659. The molecule has 0 aliphatic heterocycles. The molecule has 0 aromatic carbocycles. The second kappa shape index (κ2) is 15.0. The summed E-state index contributed by atoms with van der Waals surface area (Å²) in [6, 6.07) is 0. The number of hydrogen-bond donors (Lipinski definition) is 1. The van der Waals surface area contributed by atoms with Crippen molar-refractivity contribution in [2.24, 2.45) is 0 Å². The minimum absolute atomic E-state index is 0. The van der Waals surface area contributed by atoms with Crippen LogP contribution in [0.25, 0.3) is 0 Å². The van der Waals surface area contributed by atoms with E-state index in [1.54, 1.807) is 0 Å². The Morgan fingerprint density at radius 3 is 1.73 bits per heavy atom. The summed E-state index contributed by atoms with van der Waals surface area (Å²) >= 11 is 0. The van der Waals surface area contributed by atoms with Crippen molar-refractivity contribution in [1.82, 2.24) is 0 Å². The van der Waals surface area contributed by atoms with E-state index in [2.05, 4.69) is 6.92 Å². The van der Waals surface area contributed by atoms with Gasteiger partial charge in [0.2, 0.25) is 0 Å². The largest absolute Gasteiger partial charge is 2.00 e. The van der Waals surface area contributed by atoms with Crippen LogP contribution >= 0.6 is 0 Å². The zero-order chi connectivity index (χ0) is 10.6. The monoisotopic (exact) mass is 340 g/mol. The predicted molar refractivity (Wildman–Crippen MR) is 67.5 cm³/mol. The van der Waals surface area contributed by atoms with Crippen molar-refractivity contribution in [2.75, 3.05) is 0 Å². The maximum absolute atomic E-state index is 10.2. The van der Waals surface area contributed by atoms with Gasteiger partial charge in [-0.05, 0) is 6.42 Å². The van der Waals surface area contributed by atoms with Gasteiger partial charge in [-0.25, -0.2) is 0 Å². The molecular formula is C12H26BaO2. The summed E-state index contributed by atoms with van der Waals surface area (Å²) in [4.78, 5) is 10.2. The maximum atomic E-state index is 10.2. The molecule has 0 aliphatic rings. The van der Waals surface area contributed by atoms with E-state index in [0.717, 1.165) is 12.8 Å². The van der Waals surface area contributed by atoms with Crippen molar-refractivity contribution in [3.8, 4) is 0 Å². The van der Waals surface area contributed by atoms with Gasteiger partial charge in [0.1, 0.15) is 0 Å². The third-order valence-electron chi connectivity index (χ3n) is 2.49. The fourth-order valence-electron chi connectivity index (χ4n) is 1.59. The molecule has 0 aromatic heterocycles. The standard InChI is InChI=1S/C12H24O2.Ba.2H/c1-2-3-4-5-6-7-8-9-10-11-12(13)14;;;/h2-11H2,1H3,(H,13,14);;;/q;+2;2*-1. The van der Waals surface area contributed by atoms with Crippen LogP contribution in [0.4, 0.5) is 0 Å². The number of carboxylic acid groups (broad SMARTS) is 1. The van der Waals surface area contributed by atoms with Crippen LogP contribution in [-0.4, -0.2) is 60.0 Å². The summed E-state index contributed by atoms with van der Waals surface area (Å²) in [5.41, 5.74) is 0. The van der Waals surface area contributed by atoms with E-state index >= 15 is 0 Å². The Kier molecular flexibility index (Phi) is 18.5. The van der Waals surface area contributed by atoms with Gasteiger partial charge in [0, 0.05) is 6.42 Å². The van der Waals surface area contributed by atoms with Crippen molar-refractivity contribution in [2.45, 2.75) is 71.1 Å². The van der Waals surface area contributed by atoms with Crippen molar-refractivity contribution < 1.29 is 12.8 Å². The second-order valence-corrected chi connectivity index (χ2v) is 3.97. The smallest absolute Gasteiger partial charge is 1.00 e. The number of hydrogen-bond acceptors (Lipinski definition) is 1. The quantitative estimate of drug-likeness (QED) is 0.485. The average Bonchev–Trinajstić information content (AvgIpc) is 2.15. The molecule has 0 saturated carbocycles. The number of unbranched alkanes of at least 4 members (excludes halogenated alkanes) is 8. The fraction of sp³-hybridized carbons (Fsp3) is 0.917. The molecule has 0 atom stereocenters. The van der Waals surface area contributed by atoms with E-state index in [9.17, 15) is 4.79 Å². The van der Waals surface area contributed by atoms with Gasteiger partial charge in [-0.3, -0.25) is 4.79 Å². The molecule has 0 rings (SSSR count). The minimum atomic E-state index is -0.659. The van der Waals surface area contributed by atoms with Gasteiger partial charge in [0.05, 0.1) is 0 Å². The summed E-state index contributed by atoms with van der Waals surface area (Å²) in [5, 5.41) is 8.41. The van der Waals surface area contributed by atoms with E-state index in [4.69, 9.17) is 5.11 Å². The third kappa shape index (κ3) is 17.6. The summed E-state index contributed by atoms with van der Waals surface area (Å²) in [7, 11) is 0. The molecule has 2 nitrogen and oxygen atoms in total. The first-order valence-corrected chi connectivity index (χ1v) is 5.99. The SMILES string of the molecule is CCCCCCCCCCCC(=O)O.[Ba+2].[H-].[H-]. The molecule has 3 heteroatoms. The van der Waals surface area contributed by atoms with Gasteiger partial charge in [-0.15, -0.1) is 0 Å². The fourth-order valence-corrected chi connectivity index (χ4v) is 1.59. The topological polar surface area (TPSA) is 37.3 Å². The Hall–Kier alpha value is 1.04. The van der Waals surface area contributed by atoms with Gasteiger partial charge in [0.25, 0.3) is 0 Å². The van der Waals surface area contributed by atoms with Gasteiger partial charge in [0.15, 0.2) is 0 Å². The first kappa shape index (κ1) is 18.4. The third-order valence-corrected chi connectivity index (χ3v) is 2.49. The Balaban J connectivity index is -0.000000282. The molecule has 15 heavy (non-hydrogen) atoms. The molecule has 88 valence electrons. The number of rotatable bonds is 10. The van der Waals surface area contributed by atoms with Gasteiger partial charge >= 0.3 is 54.9 Å². The molecule has 0 saturated heterocycles. The van der Waals surface area contributed by atoms with Crippen LogP contribution in [0.2, 0.25) is 0 Å². The van der Waals surface area contributed by atoms with Crippen LogP contribution in [0.1, 0.15) is 74.0 Å². The van der Waals surface area contributed by atoms with E-state index in [1.807, 2.05) is 0 Å². The summed E-state index contributed by atoms with van der Waals surface area (Å²) in [6.07, 6.45) is 11.5. The van der Waals surface area contributed by atoms with E-state index in [0.29, 0.717) is 6.42 Å². The molecule has 0 bridgehead atoms. The summed E-state index contributed by atoms with van der Waals surface area (Å²) in [6.45, 7) is 2.23. The maximum Gasteiger partial charge on any atom is 2.00 e. The first-order valence-electron chi connectivity index (χ1n) is 5.99. The van der Waals surface area contributed by atoms with Crippen LogP contribution in [-0.2, 0) is 4.79 Å². The Labute approximate surface area is 137 Å². The molecule has 1 N–H and O–H groups in total. The second-order valence-electron chi connectivity index (χ2n) is 3.97. The van der Waals surface area contributed by atoms with E-state index in [-0.39, 0.29) is 51.7 Å². The van der Waals surface area contributed by atoms with Crippen molar-refractivity contribution in [3.63, 3.8) is 0 Å². The van der Waals surface area contributed by atoms with Crippen LogP contribution in [0.5, 0.6) is 0 Å². The Bertz CT molecular complexity index is 146. The first-order chi connectivity index (χ1) is 6.77. The van der Waals surface area contributed by atoms with Crippen LogP contribution < -0.4 is 0 Å². The Morgan fingerprint density at radius 2 is 1.33 bits per heavy atom. The van der Waals surface area contributed by atoms with Crippen LogP contribution in [0.15, 0.2) is 0 Å². The molecular weight excluding hydrogens is 313 g/mol. The number of aliphatic carboxylic acids is 1. The number of carboxylic acids is 1. The van der Waals surface area contributed by atoms with Crippen LogP contribution in [0.3, 0.4) is 0 Å². The zero-order valence-corrected chi connectivity index (χ0v) is 14.6. The van der Waals surface area contributed by atoms with Crippen LogP contribution in [0, 0.1) is 0 Å². The van der Waals surface area contributed by atoms with Crippen molar-refractivity contribution >= 4 is 54.9 Å². The molecule has 0 aliphatic carbocycles. The van der Waals surface area contributed by atoms with E-state index in [1.165, 1.54) is 44.9 Å². The van der Waals surface area contributed by atoms with Gasteiger partial charge in [-0.2, -0.15) is 0 Å². The predicted octanol–water partition coefficient (Wildman–Crippen LogP) is 3.84. The Morgan fingerprint density at radius 1 is 0.933 bits per heavy atom. The molecule has 0 amide bonds. The van der Waals surface area contributed by atoms with Crippen molar-refractivity contribution in [1.29, 1.82) is 0 Å². The molecule has 0 heterocycles. The van der Waals surface area contributed by atoms with Crippen molar-refractivity contribution in [3.05, 3.63) is 0 Å². The molecule has 0 unspecified atom stereocenters. The molecule has 0 radical (unpaired) electrons. The molecule has 0 aromatic rings. The molecule has 0 spiro atoms. The van der Waals surface area contributed by atoms with Gasteiger partial charge in [-0.1, -0.05) is 58.3 Å². The zero-order valence-electron chi connectivity index (χ0n) is 12.1. The normalized spacial score (nSPS) is 9.67. The van der Waals surface area contributed by atoms with E-state index < -0.39 is 5.97 Å². The minimum Gasteiger partial charge on any atom is -1.00 e.